The van der Waals surface area contributed by atoms with E-state index in [4.69, 9.17) is 9.47 Å². The summed E-state index contributed by atoms with van der Waals surface area (Å²) in [5.41, 5.74) is 0.129. The molecule has 1 spiro atoms. The third kappa shape index (κ3) is 3.07. The van der Waals surface area contributed by atoms with Crippen molar-refractivity contribution in [3.05, 3.63) is 41.6 Å². The minimum Gasteiger partial charge on any atom is -0.497 e. The molecule has 1 atom stereocenters. The average Bonchev–Trinajstić information content (AvgIpc) is 3.10. The molecule has 0 radical (unpaired) electrons. The molecule has 0 amide bonds. The van der Waals surface area contributed by atoms with Crippen LogP contribution < -0.4 is 14.4 Å². The molecule has 0 aliphatic carbocycles. The topological polar surface area (TPSA) is 90.9 Å². The van der Waals surface area contributed by atoms with Crippen LogP contribution in [0.4, 0.5) is 5.82 Å². The number of hydrogen-bond acceptors (Lipinski definition) is 8. The molecule has 8 heteroatoms. The number of carbonyl (C=O) groups is 2. The summed E-state index contributed by atoms with van der Waals surface area (Å²) < 4.78 is 16.1. The van der Waals surface area contributed by atoms with E-state index >= 15 is 0 Å². The quantitative estimate of drug-likeness (QED) is 0.758. The Hall–Kier alpha value is -3.16. The number of ketones is 1. The van der Waals surface area contributed by atoms with Crippen molar-refractivity contribution in [1.29, 1.82) is 0 Å². The van der Waals surface area contributed by atoms with E-state index in [9.17, 15) is 9.59 Å². The number of aromatic nitrogens is 2. The highest BCUT2D eigenvalue weighted by molar-refractivity contribution is 6.01. The smallest absolute Gasteiger partial charge is 0.358 e. The maximum Gasteiger partial charge on any atom is 0.358 e. The van der Waals surface area contributed by atoms with Crippen molar-refractivity contribution >= 4 is 17.6 Å². The first-order valence-electron chi connectivity index (χ1n) is 8.61. The Kier molecular flexibility index (Phi) is 4.18. The van der Waals surface area contributed by atoms with Crippen LogP contribution in [0, 0.1) is 0 Å². The van der Waals surface area contributed by atoms with Crippen LogP contribution in [-0.4, -0.2) is 54.9 Å². The van der Waals surface area contributed by atoms with Gasteiger partial charge in [0.2, 0.25) is 0 Å². The number of carbonyl (C=O) groups excluding carboxylic acids is 2. The number of anilines is 1. The standard InChI is InChI=1S/C19H19N3O5/c1-25-12-3-5-16-13(9-12)15(23)10-19(27-16)7-8-22(11-19)17-6-4-14(20-21-17)18(24)26-2/h3-6,9H,7-8,10-11H2,1-2H3. The lowest BCUT2D eigenvalue weighted by atomic mass is 9.89. The maximum atomic E-state index is 12.7. The molecular weight excluding hydrogens is 350 g/mol. The molecule has 2 aliphatic rings. The van der Waals surface area contributed by atoms with Crippen molar-refractivity contribution < 1.29 is 23.8 Å². The average molecular weight is 369 g/mol. The first-order chi connectivity index (χ1) is 13.0. The number of hydrogen-bond donors (Lipinski definition) is 0. The highest BCUT2D eigenvalue weighted by Crippen LogP contribution is 2.40. The predicted molar refractivity (Wildman–Crippen MR) is 95.5 cm³/mol. The summed E-state index contributed by atoms with van der Waals surface area (Å²) in [4.78, 5) is 26.2. The van der Waals surface area contributed by atoms with Crippen molar-refractivity contribution in [2.45, 2.75) is 18.4 Å². The minimum atomic E-state index is -0.582. The van der Waals surface area contributed by atoms with Crippen LogP contribution in [0.2, 0.25) is 0 Å². The van der Waals surface area contributed by atoms with Gasteiger partial charge in [0.25, 0.3) is 0 Å². The molecule has 0 bridgehead atoms. The molecular formula is C19H19N3O5. The second-order valence-electron chi connectivity index (χ2n) is 6.69. The Labute approximate surface area is 156 Å². The lowest BCUT2D eigenvalue weighted by molar-refractivity contribution is 0.0535. The molecule has 4 rings (SSSR count). The van der Waals surface area contributed by atoms with Gasteiger partial charge in [0, 0.05) is 13.0 Å². The zero-order valence-electron chi connectivity index (χ0n) is 15.1. The molecule has 2 aromatic rings. The summed E-state index contributed by atoms with van der Waals surface area (Å²) >= 11 is 0. The number of fused-ring (bicyclic) bond motifs is 1. The Balaban J connectivity index is 1.53. The van der Waals surface area contributed by atoms with Gasteiger partial charge in [-0.05, 0) is 30.3 Å². The molecule has 27 heavy (non-hydrogen) atoms. The molecule has 0 N–H and O–H groups in total. The molecule has 1 saturated heterocycles. The summed E-state index contributed by atoms with van der Waals surface area (Å²) in [6.45, 7) is 1.21. The van der Waals surface area contributed by atoms with Gasteiger partial charge in [0.15, 0.2) is 17.3 Å². The zero-order chi connectivity index (χ0) is 19.0. The van der Waals surface area contributed by atoms with Crippen molar-refractivity contribution in [2.75, 3.05) is 32.2 Å². The first-order valence-corrected chi connectivity index (χ1v) is 8.61. The third-order valence-electron chi connectivity index (χ3n) is 4.98. The van der Waals surface area contributed by atoms with Crippen LogP contribution in [0.3, 0.4) is 0 Å². The fraction of sp³-hybridized carbons (Fsp3) is 0.368. The van der Waals surface area contributed by atoms with Gasteiger partial charge in [-0.2, -0.15) is 0 Å². The fourth-order valence-electron chi connectivity index (χ4n) is 3.58. The normalized spacial score (nSPS) is 21.0. The minimum absolute atomic E-state index is 0.0455. The van der Waals surface area contributed by atoms with Crippen molar-refractivity contribution in [1.82, 2.24) is 10.2 Å². The van der Waals surface area contributed by atoms with E-state index in [1.54, 1.807) is 37.4 Å². The van der Waals surface area contributed by atoms with Crippen LogP contribution >= 0.6 is 0 Å². The van der Waals surface area contributed by atoms with Gasteiger partial charge in [0.05, 0.1) is 32.7 Å². The van der Waals surface area contributed by atoms with E-state index in [0.29, 0.717) is 48.8 Å². The zero-order valence-corrected chi connectivity index (χ0v) is 15.1. The molecule has 2 aliphatic heterocycles. The van der Waals surface area contributed by atoms with Gasteiger partial charge in [-0.15, -0.1) is 10.2 Å². The molecule has 0 saturated carbocycles. The van der Waals surface area contributed by atoms with Crippen molar-refractivity contribution in [3.8, 4) is 11.5 Å². The Morgan fingerprint density at radius 2 is 2.07 bits per heavy atom. The predicted octanol–water partition coefficient (Wildman–Crippen LogP) is 1.89. The first kappa shape index (κ1) is 17.3. The molecule has 1 aromatic carbocycles. The Morgan fingerprint density at radius 1 is 1.22 bits per heavy atom. The highest BCUT2D eigenvalue weighted by Gasteiger charge is 2.46. The van der Waals surface area contributed by atoms with Crippen LogP contribution in [0.1, 0.15) is 33.7 Å². The number of nitrogens with zero attached hydrogens (tertiary/aromatic N) is 3. The number of methoxy groups -OCH3 is 2. The summed E-state index contributed by atoms with van der Waals surface area (Å²) in [5.74, 6) is 1.37. The lowest BCUT2D eigenvalue weighted by Gasteiger charge is -2.34. The number of esters is 1. The molecule has 3 heterocycles. The van der Waals surface area contributed by atoms with E-state index in [1.807, 2.05) is 4.90 Å². The number of rotatable bonds is 3. The van der Waals surface area contributed by atoms with Gasteiger partial charge in [-0.25, -0.2) is 4.79 Å². The van der Waals surface area contributed by atoms with E-state index in [0.717, 1.165) is 0 Å². The highest BCUT2D eigenvalue weighted by atomic mass is 16.5. The third-order valence-corrected chi connectivity index (χ3v) is 4.98. The van der Waals surface area contributed by atoms with E-state index < -0.39 is 11.6 Å². The van der Waals surface area contributed by atoms with Gasteiger partial charge in [0.1, 0.15) is 17.1 Å². The second-order valence-corrected chi connectivity index (χ2v) is 6.69. The molecule has 1 unspecified atom stereocenters. The summed E-state index contributed by atoms with van der Waals surface area (Å²) in [7, 11) is 2.87. The number of ether oxygens (including phenoxy) is 3. The van der Waals surface area contributed by atoms with Crippen LogP contribution in [-0.2, 0) is 4.74 Å². The molecule has 140 valence electrons. The second kappa shape index (κ2) is 6.53. The monoisotopic (exact) mass is 369 g/mol. The van der Waals surface area contributed by atoms with Gasteiger partial charge in [-0.3, -0.25) is 4.79 Å². The number of benzene rings is 1. The van der Waals surface area contributed by atoms with Crippen molar-refractivity contribution in [2.24, 2.45) is 0 Å². The lowest BCUT2D eigenvalue weighted by Crippen LogP contribution is -2.44. The molecule has 1 fully saturated rings. The Bertz CT molecular complexity index is 899. The van der Waals surface area contributed by atoms with Gasteiger partial charge in [-0.1, -0.05) is 0 Å². The fourth-order valence-corrected chi connectivity index (χ4v) is 3.58. The van der Waals surface area contributed by atoms with Crippen molar-refractivity contribution in [3.63, 3.8) is 0 Å². The van der Waals surface area contributed by atoms with E-state index in [2.05, 4.69) is 14.9 Å². The van der Waals surface area contributed by atoms with E-state index in [-0.39, 0.29) is 11.5 Å². The molecule has 8 nitrogen and oxygen atoms in total. The Morgan fingerprint density at radius 3 is 2.78 bits per heavy atom. The SMILES string of the molecule is COC(=O)c1ccc(N2CCC3(CC(=O)c4cc(OC)ccc4O3)C2)nn1. The van der Waals surface area contributed by atoms with Crippen LogP contribution in [0.15, 0.2) is 30.3 Å². The summed E-state index contributed by atoms with van der Waals surface area (Å²) in [6.07, 6.45) is 1.00. The van der Waals surface area contributed by atoms with Crippen LogP contribution in [0.5, 0.6) is 11.5 Å². The molecule has 1 aromatic heterocycles. The van der Waals surface area contributed by atoms with E-state index in [1.165, 1.54) is 7.11 Å². The summed E-state index contributed by atoms with van der Waals surface area (Å²) in [6, 6.07) is 8.58. The van der Waals surface area contributed by atoms with Crippen LogP contribution in [0.25, 0.3) is 0 Å². The van der Waals surface area contributed by atoms with Gasteiger partial charge >= 0.3 is 5.97 Å². The summed E-state index contributed by atoms with van der Waals surface area (Å²) in [5, 5.41) is 8.02. The number of Topliss-reactive ketones (excluding diaryl/α,β-unsaturated/α-hetero) is 1. The maximum absolute atomic E-state index is 12.7. The largest absolute Gasteiger partial charge is 0.497 e. The van der Waals surface area contributed by atoms with Gasteiger partial charge < -0.3 is 19.1 Å².